The van der Waals surface area contributed by atoms with Gasteiger partial charge < -0.3 is 10.6 Å². The molecule has 0 fully saturated rings. The van der Waals surface area contributed by atoms with Crippen LogP contribution in [0.5, 0.6) is 0 Å². The van der Waals surface area contributed by atoms with Gasteiger partial charge >= 0.3 is 0 Å². The molecular formula is C8H20N2. The number of hydrogen-bond donors (Lipinski definition) is 1. The topological polar surface area (TPSA) is 29.3 Å². The lowest BCUT2D eigenvalue weighted by atomic mass is 10.0. The standard InChI is InChI=1S/C8H20N2/c1-7(6-9)5-8(2)10(3)4/h7-8H,5-6,9H2,1-4H3. The van der Waals surface area contributed by atoms with Crippen molar-refractivity contribution in [2.24, 2.45) is 11.7 Å². The highest BCUT2D eigenvalue weighted by atomic mass is 15.1. The first kappa shape index (κ1) is 9.92. The Labute approximate surface area is 64.4 Å². The zero-order valence-corrected chi connectivity index (χ0v) is 7.59. The van der Waals surface area contributed by atoms with E-state index in [0.29, 0.717) is 12.0 Å². The van der Waals surface area contributed by atoms with E-state index >= 15 is 0 Å². The third kappa shape index (κ3) is 3.85. The van der Waals surface area contributed by atoms with Crippen LogP contribution < -0.4 is 5.73 Å². The van der Waals surface area contributed by atoms with Gasteiger partial charge in [-0.2, -0.15) is 0 Å². The summed E-state index contributed by atoms with van der Waals surface area (Å²) in [6.07, 6.45) is 1.20. The Kier molecular flexibility index (Phi) is 4.65. The Hall–Kier alpha value is -0.0800. The quantitative estimate of drug-likeness (QED) is 0.636. The smallest absolute Gasteiger partial charge is 0.00638 e. The Balaban J connectivity index is 3.46. The molecule has 0 saturated carbocycles. The maximum absolute atomic E-state index is 5.50. The minimum atomic E-state index is 0.650. The minimum absolute atomic E-state index is 0.650. The van der Waals surface area contributed by atoms with Crippen LogP contribution in [-0.2, 0) is 0 Å². The first-order valence-corrected chi connectivity index (χ1v) is 3.94. The lowest BCUT2D eigenvalue weighted by Gasteiger charge is -2.22. The summed E-state index contributed by atoms with van der Waals surface area (Å²) in [5.74, 6) is 0.650. The Morgan fingerprint density at radius 1 is 1.30 bits per heavy atom. The molecule has 0 aromatic rings. The van der Waals surface area contributed by atoms with Gasteiger partial charge in [-0.15, -0.1) is 0 Å². The SMILES string of the molecule is CC(CN)CC(C)N(C)C. The molecule has 10 heavy (non-hydrogen) atoms. The fraction of sp³-hybridized carbons (Fsp3) is 1.00. The molecule has 2 unspecified atom stereocenters. The van der Waals surface area contributed by atoms with E-state index in [4.69, 9.17) is 5.73 Å². The number of nitrogens with two attached hydrogens (primary N) is 1. The molecule has 0 aliphatic carbocycles. The van der Waals surface area contributed by atoms with Crippen molar-refractivity contribution in [3.8, 4) is 0 Å². The van der Waals surface area contributed by atoms with E-state index in [-0.39, 0.29) is 0 Å². The van der Waals surface area contributed by atoms with Crippen LogP contribution >= 0.6 is 0 Å². The summed E-state index contributed by atoms with van der Waals surface area (Å²) < 4.78 is 0. The van der Waals surface area contributed by atoms with Gasteiger partial charge in [0.05, 0.1) is 0 Å². The summed E-state index contributed by atoms with van der Waals surface area (Å²) in [6.45, 7) is 5.23. The van der Waals surface area contributed by atoms with Crippen LogP contribution in [0.1, 0.15) is 20.3 Å². The second-order valence-corrected chi connectivity index (χ2v) is 3.39. The normalized spacial score (nSPS) is 17.4. The third-order valence-corrected chi connectivity index (χ3v) is 2.03. The predicted octanol–water partition coefficient (Wildman–Crippen LogP) is 0.921. The average molecular weight is 144 g/mol. The van der Waals surface area contributed by atoms with E-state index in [9.17, 15) is 0 Å². The van der Waals surface area contributed by atoms with Crippen LogP contribution in [0.15, 0.2) is 0 Å². The summed E-state index contributed by atoms with van der Waals surface area (Å²) in [4.78, 5) is 2.23. The lowest BCUT2D eigenvalue weighted by molar-refractivity contribution is 0.269. The molecule has 2 N–H and O–H groups in total. The molecule has 0 saturated heterocycles. The molecule has 0 radical (unpaired) electrons. The van der Waals surface area contributed by atoms with Crippen molar-refractivity contribution in [1.29, 1.82) is 0 Å². The van der Waals surface area contributed by atoms with Gasteiger partial charge in [-0.25, -0.2) is 0 Å². The van der Waals surface area contributed by atoms with Crippen LogP contribution in [0, 0.1) is 5.92 Å². The van der Waals surface area contributed by atoms with Crippen LogP contribution in [0.3, 0.4) is 0 Å². The Bertz CT molecular complexity index is 81.3. The summed E-state index contributed by atoms with van der Waals surface area (Å²) in [5.41, 5.74) is 5.50. The molecule has 2 heteroatoms. The minimum Gasteiger partial charge on any atom is -0.330 e. The molecule has 0 amide bonds. The maximum atomic E-state index is 5.50. The zero-order chi connectivity index (χ0) is 8.15. The maximum Gasteiger partial charge on any atom is 0.00638 e. The second kappa shape index (κ2) is 4.69. The van der Waals surface area contributed by atoms with Gasteiger partial charge in [0.1, 0.15) is 0 Å². The monoisotopic (exact) mass is 144 g/mol. The number of rotatable bonds is 4. The summed E-state index contributed by atoms with van der Waals surface area (Å²) in [5, 5.41) is 0. The van der Waals surface area contributed by atoms with Crippen molar-refractivity contribution in [1.82, 2.24) is 4.90 Å². The van der Waals surface area contributed by atoms with E-state index in [1.54, 1.807) is 0 Å². The fourth-order valence-corrected chi connectivity index (χ4v) is 0.889. The highest BCUT2D eigenvalue weighted by Gasteiger charge is 2.07. The van der Waals surface area contributed by atoms with E-state index in [2.05, 4.69) is 32.8 Å². The largest absolute Gasteiger partial charge is 0.330 e. The van der Waals surface area contributed by atoms with Crippen molar-refractivity contribution in [3.63, 3.8) is 0 Å². The van der Waals surface area contributed by atoms with E-state index < -0.39 is 0 Å². The number of hydrogen-bond acceptors (Lipinski definition) is 2. The van der Waals surface area contributed by atoms with Crippen molar-refractivity contribution >= 4 is 0 Å². The van der Waals surface area contributed by atoms with Crippen LogP contribution in [0.2, 0.25) is 0 Å². The molecule has 0 spiro atoms. The molecule has 0 aromatic carbocycles. The first-order chi connectivity index (χ1) is 4.57. The Morgan fingerprint density at radius 3 is 2.10 bits per heavy atom. The molecule has 62 valence electrons. The molecule has 0 aliphatic heterocycles. The summed E-state index contributed by atoms with van der Waals surface area (Å²) >= 11 is 0. The van der Waals surface area contributed by atoms with E-state index in [0.717, 1.165) is 6.54 Å². The van der Waals surface area contributed by atoms with Crippen molar-refractivity contribution in [2.45, 2.75) is 26.3 Å². The molecule has 0 rings (SSSR count). The van der Waals surface area contributed by atoms with Crippen molar-refractivity contribution < 1.29 is 0 Å². The molecule has 0 aromatic heterocycles. The lowest BCUT2D eigenvalue weighted by Crippen LogP contribution is -2.28. The van der Waals surface area contributed by atoms with Crippen molar-refractivity contribution in [3.05, 3.63) is 0 Å². The second-order valence-electron chi connectivity index (χ2n) is 3.39. The predicted molar refractivity (Wildman–Crippen MR) is 46.0 cm³/mol. The fourth-order valence-electron chi connectivity index (χ4n) is 0.889. The van der Waals surface area contributed by atoms with E-state index in [1.807, 2.05) is 0 Å². The molecule has 2 atom stereocenters. The van der Waals surface area contributed by atoms with Gasteiger partial charge in [0.25, 0.3) is 0 Å². The van der Waals surface area contributed by atoms with Crippen molar-refractivity contribution in [2.75, 3.05) is 20.6 Å². The molecule has 0 heterocycles. The average Bonchev–Trinajstić information content (AvgIpc) is 1.87. The zero-order valence-electron chi connectivity index (χ0n) is 7.59. The van der Waals surface area contributed by atoms with Gasteiger partial charge in [-0.05, 0) is 39.9 Å². The van der Waals surface area contributed by atoms with Gasteiger partial charge in [0.15, 0.2) is 0 Å². The highest BCUT2D eigenvalue weighted by Crippen LogP contribution is 2.06. The number of nitrogens with zero attached hydrogens (tertiary/aromatic N) is 1. The van der Waals surface area contributed by atoms with Gasteiger partial charge in [0.2, 0.25) is 0 Å². The highest BCUT2D eigenvalue weighted by molar-refractivity contribution is 4.64. The summed E-state index contributed by atoms with van der Waals surface area (Å²) in [6, 6.07) is 0.651. The third-order valence-electron chi connectivity index (χ3n) is 2.03. The summed E-state index contributed by atoms with van der Waals surface area (Å²) in [7, 11) is 4.21. The van der Waals surface area contributed by atoms with Gasteiger partial charge in [-0.1, -0.05) is 6.92 Å². The Morgan fingerprint density at radius 2 is 1.80 bits per heavy atom. The van der Waals surface area contributed by atoms with Crippen LogP contribution in [0.4, 0.5) is 0 Å². The molecular weight excluding hydrogens is 124 g/mol. The first-order valence-electron chi connectivity index (χ1n) is 3.94. The molecule has 0 aliphatic rings. The van der Waals surface area contributed by atoms with Gasteiger partial charge in [0, 0.05) is 6.04 Å². The molecule has 2 nitrogen and oxygen atoms in total. The van der Waals surface area contributed by atoms with Crippen LogP contribution in [0.25, 0.3) is 0 Å². The van der Waals surface area contributed by atoms with Crippen LogP contribution in [-0.4, -0.2) is 31.6 Å². The molecule has 0 bridgehead atoms. The van der Waals surface area contributed by atoms with Gasteiger partial charge in [-0.3, -0.25) is 0 Å². The van der Waals surface area contributed by atoms with E-state index in [1.165, 1.54) is 6.42 Å².